The van der Waals surface area contributed by atoms with Crippen molar-refractivity contribution in [2.75, 3.05) is 18.6 Å². The summed E-state index contributed by atoms with van der Waals surface area (Å²) in [4.78, 5) is 26.8. The lowest BCUT2D eigenvalue weighted by Gasteiger charge is -2.41. The highest BCUT2D eigenvalue weighted by Crippen LogP contribution is 2.55. The highest BCUT2D eigenvalue weighted by Gasteiger charge is 2.63. The third kappa shape index (κ3) is 1.72. The molecule has 4 aliphatic rings. The molecule has 2 saturated heterocycles. The van der Waals surface area contributed by atoms with Gasteiger partial charge in [0.05, 0.1) is 17.8 Å². The van der Waals surface area contributed by atoms with Crippen molar-refractivity contribution in [1.29, 1.82) is 0 Å². The number of anilines is 1. The van der Waals surface area contributed by atoms with Gasteiger partial charge in [-0.25, -0.2) is 0 Å². The van der Waals surface area contributed by atoms with Gasteiger partial charge in [0.15, 0.2) is 0 Å². The molecular weight excluding hydrogens is 316 g/mol. The Balaban J connectivity index is 1.62. The van der Waals surface area contributed by atoms with E-state index < -0.39 is 5.41 Å². The molecule has 5 heteroatoms. The fourth-order valence-corrected chi connectivity index (χ4v) is 5.73. The normalized spacial score (nSPS) is 38.6. The van der Waals surface area contributed by atoms with Gasteiger partial charge < -0.3 is 15.0 Å². The van der Waals surface area contributed by atoms with E-state index in [1.165, 1.54) is 0 Å². The van der Waals surface area contributed by atoms with Gasteiger partial charge in [0.2, 0.25) is 5.91 Å². The molecule has 130 valence electrons. The quantitative estimate of drug-likeness (QED) is 0.793. The van der Waals surface area contributed by atoms with Crippen LogP contribution in [-0.4, -0.2) is 37.9 Å². The Bertz CT molecular complexity index is 817. The molecule has 0 aliphatic carbocycles. The number of hydrogen-bond acceptors (Lipinski definition) is 4. The largest absolute Gasteiger partial charge is 0.497 e. The molecule has 0 radical (unpaired) electrons. The van der Waals surface area contributed by atoms with E-state index in [9.17, 15) is 9.59 Å². The predicted octanol–water partition coefficient (Wildman–Crippen LogP) is 1.77. The number of aldehydes is 1. The highest BCUT2D eigenvalue weighted by molar-refractivity contribution is 6.08. The number of benzene rings is 1. The maximum Gasteiger partial charge on any atom is 0.239 e. The van der Waals surface area contributed by atoms with E-state index in [1.807, 2.05) is 32.2 Å². The van der Waals surface area contributed by atoms with E-state index in [1.54, 1.807) is 4.90 Å². The van der Waals surface area contributed by atoms with Crippen LogP contribution in [0.5, 0.6) is 0 Å². The van der Waals surface area contributed by atoms with Gasteiger partial charge in [-0.1, -0.05) is 18.2 Å². The minimum Gasteiger partial charge on any atom is -0.497 e. The van der Waals surface area contributed by atoms with Gasteiger partial charge in [0, 0.05) is 36.3 Å². The Morgan fingerprint density at radius 3 is 2.96 bits per heavy atom. The Kier molecular flexibility index (Phi) is 2.99. The number of hydrogen-bond donors (Lipinski definition) is 1. The zero-order valence-corrected chi connectivity index (χ0v) is 14.5. The fourth-order valence-electron chi connectivity index (χ4n) is 5.73. The molecule has 5 atom stereocenters. The molecule has 1 amide bonds. The topological polar surface area (TPSA) is 58.6 Å². The molecule has 25 heavy (non-hydrogen) atoms. The highest BCUT2D eigenvalue weighted by atomic mass is 16.5. The van der Waals surface area contributed by atoms with E-state index in [-0.39, 0.29) is 29.8 Å². The first-order valence-electron chi connectivity index (χ1n) is 9.00. The number of amides is 1. The fraction of sp³-hybridized carbons (Fsp3) is 0.500. The van der Waals surface area contributed by atoms with Gasteiger partial charge in [-0.05, 0) is 37.3 Å². The molecule has 1 aromatic rings. The average Bonchev–Trinajstić information content (AvgIpc) is 3.05. The van der Waals surface area contributed by atoms with Crippen LogP contribution in [0.25, 0.3) is 0 Å². The molecule has 2 fully saturated rings. The van der Waals surface area contributed by atoms with Crippen LogP contribution >= 0.6 is 0 Å². The van der Waals surface area contributed by atoms with Crippen LogP contribution in [0.2, 0.25) is 0 Å². The number of carbonyl (C=O) groups excluding carboxylic acids is 2. The number of carbonyl (C=O) groups is 2. The first-order chi connectivity index (χ1) is 12.1. The van der Waals surface area contributed by atoms with E-state index in [0.717, 1.165) is 41.7 Å². The first-order valence-corrected chi connectivity index (χ1v) is 9.00. The number of rotatable bonds is 1. The first kappa shape index (κ1) is 15.1. The van der Waals surface area contributed by atoms with Crippen molar-refractivity contribution in [3.8, 4) is 0 Å². The second-order valence-corrected chi connectivity index (χ2v) is 7.83. The molecule has 0 aromatic heterocycles. The molecule has 5 unspecified atom stereocenters. The number of nitrogens with one attached hydrogen (secondary N) is 1. The van der Waals surface area contributed by atoms with Gasteiger partial charge in [-0.2, -0.15) is 0 Å². The predicted molar refractivity (Wildman–Crippen MR) is 93.2 cm³/mol. The summed E-state index contributed by atoms with van der Waals surface area (Å²) in [5, 5.41) is 3.71. The molecule has 0 saturated carbocycles. The number of allylic oxidation sites excluding steroid dienone is 2. The third-order valence-electron chi connectivity index (χ3n) is 6.93. The van der Waals surface area contributed by atoms with Crippen molar-refractivity contribution in [3.63, 3.8) is 0 Å². The molecule has 1 spiro atoms. The molecule has 1 N–H and O–H groups in total. The molecular formula is C20H22N2O3. The summed E-state index contributed by atoms with van der Waals surface area (Å²) in [6.45, 7) is 2.50. The summed E-state index contributed by atoms with van der Waals surface area (Å²) in [6.07, 6.45) is 2.55. The summed E-state index contributed by atoms with van der Waals surface area (Å²) in [5.74, 6) is 1.38. The Labute approximate surface area is 147 Å². The Morgan fingerprint density at radius 2 is 2.16 bits per heavy atom. The van der Waals surface area contributed by atoms with Gasteiger partial charge in [-0.15, -0.1) is 0 Å². The van der Waals surface area contributed by atoms with Crippen LogP contribution < -0.4 is 10.2 Å². The maximum absolute atomic E-state index is 13.3. The minimum absolute atomic E-state index is 0.0678. The summed E-state index contributed by atoms with van der Waals surface area (Å²) in [6, 6.07) is 8.41. The van der Waals surface area contributed by atoms with Gasteiger partial charge in [-0.3, -0.25) is 9.59 Å². The standard InChI is InChI=1S/C20H22N2O3/c1-11-13(9-23)12-7-18-20(8-16(21-18)14(12)10-25-11)15-5-3-4-6-17(15)22(2)19(20)24/h3-6,9,12,14,16,18,21H,7-8,10H2,1-2H3. The minimum atomic E-state index is -0.505. The average molecular weight is 338 g/mol. The van der Waals surface area contributed by atoms with Crippen LogP contribution in [0.15, 0.2) is 35.6 Å². The molecule has 5 nitrogen and oxygen atoms in total. The summed E-state index contributed by atoms with van der Waals surface area (Å²) in [7, 11) is 1.87. The van der Waals surface area contributed by atoms with Crippen LogP contribution in [0.3, 0.4) is 0 Å². The maximum atomic E-state index is 13.3. The number of piperidine rings is 1. The molecule has 2 bridgehead atoms. The van der Waals surface area contributed by atoms with Gasteiger partial charge in [0.25, 0.3) is 0 Å². The summed E-state index contributed by atoms with van der Waals surface area (Å²) in [5.41, 5.74) is 2.44. The SMILES string of the molecule is CC1=C(C=O)C2CC3NC(CC34C(=O)N(C)c3ccccc34)C2CO1. The van der Waals surface area contributed by atoms with Crippen molar-refractivity contribution in [3.05, 3.63) is 41.2 Å². The molecule has 4 heterocycles. The number of likely N-dealkylation sites (N-methyl/N-ethyl adjacent to an activating group) is 1. The molecule has 4 aliphatic heterocycles. The second kappa shape index (κ2) is 4.94. The van der Waals surface area contributed by atoms with Crippen molar-refractivity contribution in [2.24, 2.45) is 11.8 Å². The molecule has 5 rings (SSSR count). The van der Waals surface area contributed by atoms with Crippen molar-refractivity contribution >= 4 is 17.9 Å². The van der Waals surface area contributed by atoms with Crippen LogP contribution in [0.1, 0.15) is 25.3 Å². The zero-order chi connectivity index (χ0) is 17.3. The van der Waals surface area contributed by atoms with Gasteiger partial charge >= 0.3 is 0 Å². The number of ether oxygens (including phenoxy) is 1. The lowest BCUT2D eigenvalue weighted by atomic mass is 9.72. The number of nitrogens with zero attached hydrogens (tertiary/aromatic N) is 1. The van der Waals surface area contributed by atoms with Crippen molar-refractivity contribution in [1.82, 2.24) is 5.32 Å². The second-order valence-electron chi connectivity index (χ2n) is 7.83. The Hall–Kier alpha value is -2.14. The van der Waals surface area contributed by atoms with Crippen LogP contribution in [0, 0.1) is 11.8 Å². The van der Waals surface area contributed by atoms with Crippen molar-refractivity contribution in [2.45, 2.75) is 37.3 Å². The lowest BCUT2D eigenvalue weighted by Crippen LogP contribution is -2.53. The number of para-hydroxylation sites is 1. The van der Waals surface area contributed by atoms with Gasteiger partial charge in [0.1, 0.15) is 6.29 Å². The van der Waals surface area contributed by atoms with E-state index in [2.05, 4.69) is 11.4 Å². The van der Waals surface area contributed by atoms with E-state index in [0.29, 0.717) is 6.61 Å². The smallest absolute Gasteiger partial charge is 0.239 e. The van der Waals surface area contributed by atoms with Crippen LogP contribution in [-0.2, 0) is 19.7 Å². The molecule has 1 aromatic carbocycles. The lowest BCUT2D eigenvalue weighted by molar-refractivity contribution is -0.123. The third-order valence-corrected chi connectivity index (χ3v) is 6.93. The van der Waals surface area contributed by atoms with Crippen LogP contribution in [0.4, 0.5) is 5.69 Å². The monoisotopic (exact) mass is 338 g/mol. The summed E-state index contributed by atoms with van der Waals surface area (Å²) < 4.78 is 5.78. The van der Waals surface area contributed by atoms with E-state index >= 15 is 0 Å². The summed E-state index contributed by atoms with van der Waals surface area (Å²) >= 11 is 0. The zero-order valence-electron chi connectivity index (χ0n) is 14.5. The number of fused-ring (bicyclic) bond motifs is 7. The van der Waals surface area contributed by atoms with Crippen molar-refractivity contribution < 1.29 is 14.3 Å². The Morgan fingerprint density at radius 1 is 1.36 bits per heavy atom. The van der Waals surface area contributed by atoms with E-state index in [4.69, 9.17) is 4.74 Å².